The number of hydrogen-bond donors (Lipinski definition) is 1. The normalized spacial score (nSPS) is 17.8. The van der Waals surface area contributed by atoms with E-state index in [1.54, 1.807) is 24.0 Å². The van der Waals surface area contributed by atoms with E-state index in [9.17, 15) is 9.59 Å². The monoisotopic (exact) mass is 373 g/mol. The molecule has 1 aliphatic rings. The number of likely N-dealkylation sites (tertiary alicyclic amines) is 1. The Balaban J connectivity index is 1.76. The average Bonchev–Trinajstić information content (AvgIpc) is 3.04. The van der Waals surface area contributed by atoms with Crippen molar-refractivity contribution in [2.75, 3.05) is 19.7 Å². The van der Waals surface area contributed by atoms with E-state index in [-0.39, 0.29) is 18.0 Å². The predicted octanol–water partition coefficient (Wildman–Crippen LogP) is 3.85. The number of H-pyrrole nitrogens is 1. The van der Waals surface area contributed by atoms with Crippen molar-refractivity contribution in [3.05, 3.63) is 29.6 Å². The van der Waals surface area contributed by atoms with Crippen LogP contribution < -0.4 is 0 Å². The second kappa shape index (κ2) is 7.58. The van der Waals surface area contributed by atoms with Crippen LogP contribution in [-0.2, 0) is 9.47 Å². The first-order valence-electron chi connectivity index (χ1n) is 9.41. The van der Waals surface area contributed by atoms with Gasteiger partial charge in [-0.15, -0.1) is 0 Å². The molecule has 2 heterocycles. The standard InChI is InChI=1S/C20H27N3O4/c1-5-26-18(24)13-8-9-15-16(11-13)22-17(21-15)14-7-6-10-23(12-14)19(25)27-20(2,3)4/h8-9,11,14H,5-7,10,12H2,1-4H3,(H,21,22). The van der Waals surface area contributed by atoms with E-state index in [2.05, 4.69) is 9.97 Å². The minimum atomic E-state index is -0.507. The van der Waals surface area contributed by atoms with E-state index in [4.69, 9.17) is 9.47 Å². The number of imidazole rings is 1. The highest BCUT2D eigenvalue weighted by atomic mass is 16.6. The minimum absolute atomic E-state index is 0.115. The van der Waals surface area contributed by atoms with Gasteiger partial charge in [-0.2, -0.15) is 0 Å². The lowest BCUT2D eigenvalue weighted by Gasteiger charge is -2.33. The zero-order chi connectivity index (χ0) is 19.6. The van der Waals surface area contributed by atoms with E-state index >= 15 is 0 Å². The zero-order valence-electron chi connectivity index (χ0n) is 16.4. The van der Waals surface area contributed by atoms with E-state index < -0.39 is 5.60 Å². The number of aromatic amines is 1. The zero-order valence-corrected chi connectivity index (χ0v) is 16.4. The van der Waals surface area contributed by atoms with Gasteiger partial charge in [0, 0.05) is 19.0 Å². The van der Waals surface area contributed by atoms with E-state index in [1.807, 2.05) is 26.8 Å². The first-order valence-corrected chi connectivity index (χ1v) is 9.41. The van der Waals surface area contributed by atoms with E-state index in [0.717, 1.165) is 29.7 Å². The summed E-state index contributed by atoms with van der Waals surface area (Å²) in [5.41, 5.74) is 1.59. The van der Waals surface area contributed by atoms with Crippen molar-refractivity contribution >= 4 is 23.1 Å². The lowest BCUT2D eigenvalue weighted by Crippen LogP contribution is -2.42. The molecule has 1 fully saturated rings. The van der Waals surface area contributed by atoms with Gasteiger partial charge in [-0.05, 0) is 58.7 Å². The van der Waals surface area contributed by atoms with Crippen LogP contribution in [0.3, 0.4) is 0 Å². The molecule has 7 heteroatoms. The predicted molar refractivity (Wildman–Crippen MR) is 102 cm³/mol. The smallest absolute Gasteiger partial charge is 0.410 e. The van der Waals surface area contributed by atoms with Crippen LogP contribution in [0.1, 0.15) is 62.6 Å². The Morgan fingerprint density at radius 2 is 2.11 bits per heavy atom. The summed E-state index contributed by atoms with van der Waals surface area (Å²) >= 11 is 0. The van der Waals surface area contributed by atoms with Crippen LogP contribution in [0, 0.1) is 0 Å². The fourth-order valence-electron chi connectivity index (χ4n) is 3.26. The second-order valence-electron chi connectivity index (χ2n) is 7.84. The summed E-state index contributed by atoms with van der Waals surface area (Å²) in [6.07, 6.45) is 1.56. The number of fused-ring (bicyclic) bond motifs is 1. The second-order valence-corrected chi connectivity index (χ2v) is 7.84. The lowest BCUT2D eigenvalue weighted by atomic mass is 9.98. The topological polar surface area (TPSA) is 84.5 Å². The summed E-state index contributed by atoms with van der Waals surface area (Å²) in [5.74, 6) is 0.605. The van der Waals surface area contributed by atoms with Gasteiger partial charge < -0.3 is 19.4 Å². The Morgan fingerprint density at radius 3 is 2.81 bits per heavy atom. The number of aromatic nitrogens is 2. The maximum Gasteiger partial charge on any atom is 0.410 e. The molecular weight excluding hydrogens is 346 g/mol. The van der Waals surface area contributed by atoms with Crippen LogP contribution in [0.2, 0.25) is 0 Å². The molecule has 1 unspecified atom stereocenters. The number of nitrogens with zero attached hydrogens (tertiary/aromatic N) is 2. The highest BCUT2D eigenvalue weighted by Gasteiger charge is 2.29. The highest BCUT2D eigenvalue weighted by molar-refractivity contribution is 5.93. The first kappa shape index (κ1) is 19.2. The van der Waals surface area contributed by atoms with Crippen LogP contribution >= 0.6 is 0 Å². The molecule has 1 aromatic carbocycles. The number of benzene rings is 1. The van der Waals surface area contributed by atoms with Crippen LogP contribution in [0.5, 0.6) is 0 Å². The minimum Gasteiger partial charge on any atom is -0.462 e. The molecule has 1 aromatic heterocycles. The van der Waals surface area contributed by atoms with Crippen molar-refractivity contribution in [2.24, 2.45) is 0 Å². The Morgan fingerprint density at radius 1 is 1.33 bits per heavy atom. The molecule has 1 N–H and O–H groups in total. The number of esters is 1. The van der Waals surface area contributed by atoms with Crippen LogP contribution in [-0.4, -0.2) is 52.2 Å². The Bertz CT molecular complexity index is 837. The largest absolute Gasteiger partial charge is 0.462 e. The SMILES string of the molecule is CCOC(=O)c1ccc2nc(C3CCCN(C(=O)OC(C)(C)C)C3)[nH]c2c1. The average molecular weight is 373 g/mol. The fourth-order valence-corrected chi connectivity index (χ4v) is 3.26. The number of rotatable bonds is 3. The molecule has 0 spiro atoms. The molecule has 1 saturated heterocycles. The van der Waals surface area contributed by atoms with Crippen LogP contribution in [0.15, 0.2) is 18.2 Å². The number of carbonyl (C=O) groups is 2. The first-order chi connectivity index (χ1) is 12.8. The maximum atomic E-state index is 12.4. The third kappa shape index (κ3) is 4.59. The van der Waals surface area contributed by atoms with Crippen LogP contribution in [0.4, 0.5) is 4.79 Å². The number of amides is 1. The third-order valence-electron chi connectivity index (χ3n) is 4.47. The molecule has 1 amide bonds. The molecule has 7 nitrogen and oxygen atoms in total. The van der Waals surface area contributed by atoms with Gasteiger partial charge in [0.05, 0.1) is 23.2 Å². The molecule has 0 saturated carbocycles. The molecule has 1 aliphatic heterocycles. The number of ether oxygens (including phenoxy) is 2. The summed E-state index contributed by atoms with van der Waals surface area (Å²) < 4.78 is 10.5. The quantitative estimate of drug-likeness (QED) is 0.826. The molecule has 146 valence electrons. The summed E-state index contributed by atoms with van der Waals surface area (Å²) in [5, 5.41) is 0. The maximum absolute atomic E-state index is 12.4. The fraction of sp³-hybridized carbons (Fsp3) is 0.550. The summed E-state index contributed by atoms with van der Waals surface area (Å²) in [7, 11) is 0. The van der Waals surface area contributed by atoms with Crippen molar-refractivity contribution < 1.29 is 19.1 Å². The summed E-state index contributed by atoms with van der Waals surface area (Å²) in [6.45, 7) is 8.99. The van der Waals surface area contributed by atoms with Crippen molar-refractivity contribution in [1.29, 1.82) is 0 Å². The molecule has 3 rings (SSSR count). The van der Waals surface area contributed by atoms with Gasteiger partial charge in [0.2, 0.25) is 0 Å². The Kier molecular flexibility index (Phi) is 5.39. The number of nitrogens with one attached hydrogen (secondary N) is 1. The summed E-state index contributed by atoms with van der Waals surface area (Å²) in [4.78, 5) is 34.0. The van der Waals surface area contributed by atoms with Crippen molar-refractivity contribution in [3.8, 4) is 0 Å². The van der Waals surface area contributed by atoms with E-state index in [0.29, 0.717) is 25.3 Å². The molecule has 2 aromatic rings. The highest BCUT2D eigenvalue weighted by Crippen LogP contribution is 2.28. The lowest BCUT2D eigenvalue weighted by molar-refractivity contribution is 0.0196. The van der Waals surface area contributed by atoms with Gasteiger partial charge in [0.1, 0.15) is 11.4 Å². The van der Waals surface area contributed by atoms with Gasteiger partial charge >= 0.3 is 12.1 Å². The summed E-state index contributed by atoms with van der Waals surface area (Å²) in [6, 6.07) is 5.30. The van der Waals surface area contributed by atoms with Gasteiger partial charge in [0.15, 0.2) is 0 Å². The van der Waals surface area contributed by atoms with Crippen LogP contribution in [0.25, 0.3) is 11.0 Å². The molecular formula is C20H27N3O4. The van der Waals surface area contributed by atoms with Gasteiger partial charge in [-0.25, -0.2) is 14.6 Å². The third-order valence-corrected chi connectivity index (χ3v) is 4.47. The van der Waals surface area contributed by atoms with Gasteiger partial charge in [-0.3, -0.25) is 0 Å². The Labute approximate surface area is 159 Å². The number of hydrogen-bond acceptors (Lipinski definition) is 5. The van der Waals surface area contributed by atoms with Crippen molar-refractivity contribution in [1.82, 2.24) is 14.9 Å². The molecule has 27 heavy (non-hydrogen) atoms. The molecule has 0 radical (unpaired) electrons. The number of carbonyl (C=O) groups excluding carboxylic acids is 2. The van der Waals surface area contributed by atoms with Crippen molar-refractivity contribution in [2.45, 2.75) is 52.1 Å². The molecule has 0 aliphatic carbocycles. The van der Waals surface area contributed by atoms with Gasteiger partial charge in [0.25, 0.3) is 0 Å². The Hall–Kier alpha value is -2.57. The van der Waals surface area contributed by atoms with Crippen molar-refractivity contribution in [3.63, 3.8) is 0 Å². The molecule has 0 bridgehead atoms. The van der Waals surface area contributed by atoms with E-state index in [1.165, 1.54) is 0 Å². The number of piperidine rings is 1. The molecule has 1 atom stereocenters. The van der Waals surface area contributed by atoms with Gasteiger partial charge in [-0.1, -0.05) is 0 Å².